The molecule has 1 aromatic heterocycles. The molecule has 0 saturated carbocycles. The quantitative estimate of drug-likeness (QED) is 0.141. The summed E-state index contributed by atoms with van der Waals surface area (Å²) in [6.45, 7) is 10.9. The summed E-state index contributed by atoms with van der Waals surface area (Å²) in [6.07, 6.45) is 2.86. The van der Waals surface area contributed by atoms with E-state index in [2.05, 4.69) is 135 Å². The lowest BCUT2D eigenvalue weighted by Crippen LogP contribution is -2.37. The van der Waals surface area contributed by atoms with Crippen LogP contribution in [-0.4, -0.2) is 23.7 Å². The first-order valence-corrected chi connectivity index (χ1v) is 17.5. The summed E-state index contributed by atoms with van der Waals surface area (Å²) in [5, 5.41) is 14.1. The van der Waals surface area contributed by atoms with Gasteiger partial charge in [-0.3, -0.25) is 0 Å². The molecule has 0 aliphatic carbocycles. The SMILES string of the molecule is C[Si](C)Oc1c(C(O)c2cn(C(c3ccccc3)(c3ccccc3)c3ccccc3)cn2)ccc2cc(C(C)(C)C)ccc12. The number of imidazole rings is 1. The van der Waals surface area contributed by atoms with Crippen molar-refractivity contribution in [1.82, 2.24) is 9.55 Å². The van der Waals surface area contributed by atoms with E-state index in [0.717, 1.165) is 38.8 Å². The van der Waals surface area contributed by atoms with E-state index in [1.54, 1.807) is 0 Å². The van der Waals surface area contributed by atoms with Gasteiger partial charge in [0.2, 0.25) is 0 Å². The minimum atomic E-state index is -1.11. The maximum atomic E-state index is 12.0. The molecular weight excluding hydrogens is 557 g/mol. The van der Waals surface area contributed by atoms with Gasteiger partial charge < -0.3 is 14.1 Å². The third kappa shape index (κ3) is 5.38. The molecule has 0 saturated heterocycles. The zero-order chi connectivity index (χ0) is 30.9. The zero-order valence-electron chi connectivity index (χ0n) is 26.0. The molecule has 1 radical (unpaired) electrons. The smallest absolute Gasteiger partial charge is 0.274 e. The second kappa shape index (κ2) is 11.9. The molecule has 1 atom stereocenters. The molecule has 0 spiro atoms. The van der Waals surface area contributed by atoms with E-state index in [-0.39, 0.29) is 5.41 Å². The predicted octanol–water partition coefficient (Wildman–Crippen LogP) is 8.89. The van der Waals surface area contributed by atoms with Gasteiger partial charge in [-0.15, -0.1) is 0 Å². The number of fused-ring (bicyclic) bond motifs is 1. The minimum Gasteiger partial charge on any atom is -0.542 e. The molecule has 5 heteroatoms. The van der Waals surface area contributed by atoms with E-state index < -0.39 is 20.7 Å². The average Bonchev–Trinajstić information content (AvgIpc) is 3.52. The Morgan fingerprint density at radius 1 is 0.705 bits per heavy atom. The van der Waals surface area contributed by atoms with Crippen LogP contribution in [0.1, 0.15) is 60.4 Å². The molecule has 5 aromatic carbocycles. The molecule has 1 unspecified atom stereocenters. The first-order valence-electron chi connectivity index (χ1n) is 15.1. The van der Waals surface area contributed by atoms with Gasteiger partial charge in [-0.2, -0.15) is 0 Å². The summed E-state index contributed by atoms with van der Waals surface area (Å²) < 4.78 is 8.65. The van der Waals surface area contributed by atoms with Crippen molar-refractivity contribution in [3.05, 3.63) is 167 Å². The lowest BCUT2D eigenvalue weighted by atomic mass is 9.77. The molecule has 44 heavy (non-hydrogen) atoms. The van der Waals surface area contributed by atoms with Gasteiger partial charge in [0.05, 0.1) is 12.0 Å². The van der Waals surface area contributed by atoms with Crippen LogP contribution in [0.5, 0.6) is 5.75 Å². The molecule has 0 bridgehead atoms. The van der Waals surface area contributed by atoms with Crippen molar-refractivity contribution >= 4 is 19.8 Å². The average molecular weight is 596 g/mol. The van der Waals surface area contributed by atoms with Crippen molar-refractivity contribution in [1.29, 1.82) is 0 Å². The number of benzene rings is 5. The third-order valence-electron chi connectivity index (χ3n) is 8.31. The van der Waals surface area contributed by atoms with Crippen molar-refractivity contribution in [2.45, 2.75) is 50.9 Å². The summed E-state index contributed by atoms with van der Waals surface area (Å²) in [5.74, 6) is 0.740. The molecule has 6 aromatic rings. The van der Waals surface area contributed by atoms with Crippen LogP contribution in [0, 0.1) is 0 Å². The summed E-state index contributed by atoms with van der Waals surface area (Å²) in [6, 6.07) is 42.1. The van der Waals surface area contributed by atoms with E-state index in [9.17, 15) is 5.11 Å². The standard InChI is InChI=1S/C39H39N2O2Si/c1-38(2,3)32-22-24-33-28(25-32)21-23-34(37(33)43-44(4)5)36(42)35-26-41(27-40-35)39(29-15-9-6-10-16-29,30-17-11-7-12-18-30)31-19-13-8-14-20-31/h6-27,36,42H,1-5H3. The fraction of sp³-hybridized carbons (Fsp3) is 0.205. The number of hydrogen-bond donors (Lipinski definition) is 1. The monoisotopic (exact) mass is 595 g/mol. The highest BCUT2D eigenvalue weighted by molar-refractivity contribution is 6.49. The highest BCUT2D eigenvalue weighted by atomic mass is 28.3. The van der Waals surface area contributed by atoms with Crippen LogP contribution >= 0.6 is 0 Å². The van der Waals surface area contributed by atoms with Crippen molar-refractivity contribution in [3.63, 3.8) is 0 Å². The molecule has 0 amide bonds. The summed E-state index contributed by atoms with van der Waals surface area (Å²) >= 11 is 0. The van der Waals surface area contributed by atoms with Crippen molar-refractivity contribution in [3.8, 4) is 5.75 Å². The number of rotatable bonds is 8. The lowest BCUT2D eigenvalue weighted by Gasteiger charge is -2.37. The van der Waals surface area contributed by atoms with Gasteiger partial charge in [0.15, 0.2) is 0 Å². The van der Waals surface area contributed by atoms with Crippen LogP contribution in [0.2, 0.25) is 13.1 Å². The fourth-order valence-corrected chi connectivity index (χ4v) is 6.76. The second-order valence-electron chi connectivity index (χ2n) is 12.6. The first kappa shape index (κ1) is 29.6. The number of aliphatic hydroxyl groups excluding tert-OH is 1. The van der Waals surface area contributed by atoms with Crippen LogP contribution < -0.4 is 4.43 Å². The van der Waals surface area contributed by atoms with Crippen LogP contribution in [0.4, 0.5) is 0 Å². The zero-order valence-corrected chi connectivity index (χ0v) is 27.0. The highest BCUT2D eigenvalue weighted by Crippen LogP contribution is 2.42. The van der Waals surface area contributed by atoms with E-state index in [1.807, 2.05) is 36.8 Å². The number of aromatic nitrogens is 2. The van der Waals surface area contributed by atoms with Gasteiger partial charge in [-0.1, -0.05) is 142 Å². The van der Waals surface area contributed by atoms with Gasteiger partial charge in [0.25, 0.3) is 9.04 Å². The van der Waals surface area contributed by atoms with E-state index >= 15 is 0 Å². The van der Waals surface area contributed by atoms with Gasteiger partial charge >= 0.3 is 0 Å². The first-order chi connectivity index (χ1) is 21.2. The molecule has 6 rings (SSSR count). The Morgan fingerprint density at radius 3 is 1.75 bits per heavy atom. The molecule has 221 valence electrons. The Morgan fingerprint density at radius 2 is 1.25 bits per heavy atom. The van der Waals surface area contributed by atoms with E-state index in [4.69, 9.17) is 9.41 Å². The third-order valence-corrected chi connectivity index (χ3v) is 8.92. The molecule has 0 aliphatic heterocycles. The van der Waals surface area contributed by atoms with Gasteiger partial charge in [0, 0.05) is 17.1 Å². The summed E-state index contributed by atoms with van der Waals surface area (Å²) in [4.78, 5) is 4.85. The maximum absolute atomic E-state index is 12.0. The Bertz CT molecular complexity index is 1760. The maximum Gasteiger partial charge on any atom is 0.274 e. The molecule has 1 heterocycles. The van der Waals surface area contributed by atoms with Crippen molar-refractivity contribution in [2.75, 3.05) is 0 Å². The number of hydrogen-bond acceptors (Lipinski definition) is 3. The van der Waals surface area contributed by atoms with Gasteiger partial charge in [0.1, 0.15) is 17.4 Å². The largest absolute Gasteiger partial charge is 0.542 e. The minimum absolute atomic E-state index is 0.0352. The van der Waals surface area contributed by atoms with Crippen molar-refractivity contribution in [2.24, 2.45) is 0 Å². The number of nitrogens with zero attached hydrogens (tertiary/aromatic N) is 2. The summed E-state index contributed by atoms with van der Waals surface area (Å²) in [5.41, 5.74) is 5.19. The van der Waals surface area contributed by atoms with E-state index in [1.165, 1.54) is 5.56 Å². The Labute approximate surface area is 262 Å². The summed E-state index contributed by atoms with van der Waals surface area (Å²) in [7, 11) is -1.11. The van der Waals surface area contributed by atoms with Crippen LogP contribution in [-0.2, 0) is 11.0 Å². The predicted molar refractivity (Wildman–Crippen MR) is 182 cm³/mol. The second-order valence-corrected chi connectivity index (χ2v) is 14.6. The van der Waals surface area contributed by atoms with Gasteiger partial charge in [-0.05, 0) is 46.1 Å². The van der Waals surface area contributed by atoms with Crippen LogP contribution in [0.15, 0.2) is 134 Å². The Kier molecular flexibility index (Phi) is 8.02. The fourth-order valence-electron chi connectivity index (χ4n) is 6.13. The van der Waals surface area contributed by atoms with Crippen LogP contribution in [0.3, 0.4) is 0 Å². The van der Waals surface area contributed by atoms with Crippen LogP contribution in [0.25, 0.3) is 10.8 Å². The molecule has 0 fully saturated rings. The highest BCUT2D eigenvalue weighted by Gasteiger charge is 2.39. The normalized spacial score (nSPS) is 12.9. The molecular formula is C39H39N2O2Si. The topological polar surface area (TPSA) is 47.3 Å². The molecule has 4 nitrogen and oxygen atoms in total. The lowest BCUT2D eigenvalue weighted by molar-refractivity contribution is 0.213. The molecule has 1 N–H and O–H groups in total. The van der Waals surface area contributed by atoms with Crippen molar-refractivity contribution < 1.29 is 9.53 Å². The number of aliphatic hydroxyl groups is 1. The molecule has 0 aliphatic rings. The van der Waals surface area contributed by atoms with E-state index in [0.29, 0.717) is 5.69 Å². The van der Waals surface area contributed by atoms with Gasteiger partial charge in [-0.25, -0.2) is 4.98 Å². The Hall–Kier alpha value is -4.45. The Balaban J connectivity index is 1.52.